The number of rotatable bonds is 8. The maximum absolute atomic E-state index is 12.5. The third-order valence-corrected chi connectivity index (χ3v) is 4.97. The fourth-order valence-corrected chi connectivity index (χ4v) is 3.23. The number of hydrogen-bond acceptors (Lipinski definition) is 5. The molecule has 23 heavy (non-hydrogen) atoms. The Morgan fingerprint density at radius 3 is 2.30 bits per heavy atom. The van der Waals surface area contributed by atoms with Crippen LogP contribution in [0.1, 0.15) is 38.7 Å². The van der Waals surface area contributed by atoms with E-state index < -0.39 is 22.0 Å². The second-order valence-corrected chi connectivity index (χ2v) is 6.90. The number of carbonyl (C=O) groups excluding carboxylic acids is 1. The van der Waals surface area contributed by atoms with Gasteiger partial charge in [0.1, 0.15) is 6.04 Å². The number of ether oxygens (including phenoxy) is 1. The lowest BCUT2D eigenvalue weighted by Gasteiger charge is -2.25. The van der Waals surface area contributed by atoms with E-state index in [1.807, 2.05) is 13.8 Å². The van der Waals surface area contributed by atoms with Gasteiger partial charge in [0.2, 0.25) is 0 Å². The first-order valence-electron chi connectivity index (χ1n) is 7.37. The molecule has 0 saturated carbocycles. The number of aryl methyl sites for hydroxylation is 1. The molecule has 0 aliphatic carbocycles. The molecule has 8 heteroatoms. The molecule has 0 bridgehead atoms. The molecule has 0 fully saturated rings. The van der Waals surface area contributed by atoms with Gasteiger partial charge in [0.15, 0.2) is 0 Å². The van der Waals surface area contributed by atoms with Crippen LogP contribution in [0.3, 0.4) is 0 Å². The molecule has 2 N–H and O–H groups in total. The van der Waals surface area contributed by atoms with Crippen molar-refractivity contribution in [2.45, 2.75) is 51.0 Å². The first-order valence-corrected chi connectivity index (χ1v) is 8.81. The standard InChI is InChI=1S/C15H24N2O4S.ClH/c1-4-6-7-14(15(18)21-5-2)17(16)22(19,20)13-10-8-12(3)9-11-13;/h8-11,14H,4-7,16H2,1-3H3;1H/t14-;/m0./s1. The smallest absolute Gasteiger partial charge is 0.325 e. The van der Waals surface area contributed by atoms with Gasteiger partial charge >= 0.3 is 5.97 Å². The summed E-state index contributed by atoms with van der Waals surface area (Å²) in [6.45, 7) is 5.67. The number of hydrazine groups is 1. The zero-order valence-corrected chi connectivity index (χ0v) is 15.3. The maximum Gasteiger partial charge on any atom is 0.325 e. The third kappa shape index (κ3) is 5.76. The van der Waals surface area contributed by atoms with Crippen LogP contribution in [0.15, 0.2) is 29.2 Å². The molecule has 0 saturated heterocycles. The van der Waals surface area contributed by atoms with Crippen molar-refractivity contribution in [3.8, 4) is 0 Å². The van der Waals surface area contributed by atoms with Crippen molar-refractivity contribution in [1.29, 1.82) is 0 Å². The van der Waals surface area contributed by atoms with Crippen molar-refractivity contribution < 1.29 is 17.9 Å². The van der Waals surface area contributed by atoms with Crippen LogP contribution in [0.2, 0.25) is 0 Å². The minimum Gasteiger partial charge on any atom is -0.465 e. The van der Waals surface area contributed by atoms with Crippen LogP contribution in [0.25, 0.3) is 0 Å². The highest BCUT2D eigenvalue weighted by molar-refractivity contribution is 7.89. The third-order valence-electron chi connectivity index (χ3n) is 3.29. The number of nitrogens with zero attached hydrogens (tertiary/aromatic N) is 1. The van der Waals surface area contributed by atoms with E-state index in [4.69, 9.17) is 10.6 Å². The summed E-state index contributed by atoms with van der Waals surface area (Å²) >= 11 is 0. The first kappa shape index (κ1) is 21.9. The molecule has 1 aromatic carbocycles. The first-order chi connectivity index (χ1) is 10.3. The highest BCUT2D eigenvalue weighted by atomic mass is 35.5. The molecule has 0 amide bonds. The summed E-state index contributed by atoms with van der Waals surface area (Å²) in [5, 5.41) is 0. The Kier molecular flexibility index (Phi) is 9.38. The van der Waals surface area contributed by atoms with Crippen LogP contribution in [0.4, 0.5) is 0 Å². The molecule has 0 aliphatic heterocycles. The van der Waals surface area contributed by atoms with Gasteiger partial charge in [-0.3, -0.25) is 10.6 Å². The van der Waals surface area contributed by atoms with E-state index in [-0.39, 0.29) is 23.9 Å². The lowest BCUT2D eigenvalue weighted by Crippen LogP contribution is -2.50. The zero-order valence-electron chi connectivity index (χ0n) is 13.7. The maximum atomic E-state index is 12.5. The average molecular weight is 365 g/mol. The number of esters is 1. The molecule has 1 aromatic rings. The zero-order chi connectivity index (χ0) is 16.8. The van der Waals surface area contributed by atoms with Crippen molar-refractivity contribution in [3.05, 3.63) is 29.8 Å². The predicted molar refractivity (Wildman–Crippen MR) is 91.6 cm³/mol. The van der Waals surface area contributed by atoms with E-state index in [1.165, 1.54) is 12.1 Å². The van der Waals surface area contributed by atoms with Gasteiger partial charge in [0, 0.05) is 0 Å². The number of benzene rings is 1. The van der Waals surface area contributed by atoms with Gasteiger partial charge in [0.25, 0.3) is 10.0 Å². The molecule has 0 aromatic heterocycles. The SMILES string of the molecule is CCCC[C@@H](C(=O)OCC)N(N)S(=O)(=O)c1ccc(C)cc1.Cl. The molecular formula is C15H25ClN2O4S. The molecule has 0 spiro atoms. The van der Waals surface area contributed by atoms with Crippen LogP contribution >= 0.6 is 12.4 Å². The predicted octanol–water partition coefficient (Wildman–Crippen LogP) is 2.40. The number of nitrogens with two attached hydrogens (primary N) is 1. The largest absolute Gasteiger partial charge is 0.465 e. The van der Waals surface area contributed by atoms with Crippen molar-refractivity contribution in [3.63, 3.8) is 0 Å². The summed E-state index contributed by atoms with van der Waals surface area (Å²) in [5.74, 6) is 5.17. The molecule has 6 nitrogen and oxygen atoms in total. The van der Waals surface area contributed by atoms with Crippen LogP contribution < -0.4 is 5.84 Å². The fraction of sp³-hybridized carbons (Fsp3) is 0.533. The van der Waals surface area contributed by atoms with E-state index in [9.17, 15) is 13.2 Å². The van der Waals surface area contributed by atoms with E-state index in [0.29, 0.717) is 17.3 Å². The summed E-state index contributed by atoms with van der Waals surface area (Å²) in [6.07, 6.45) is 1.84. The Bertz CT molecular complexity index is 590. The Labute approximate surface area is 144 Å². The van der Waals surface area contributed by atoms with Crippen molar-refractivity contribution in [2.24, 2.45) is 5.84 Å². The minimum atomic E-state index is -3.94. The fourth-order valence-electron chi connectivity index (χ4n) is 1.98. The highest BCUT2D eigenvalue weighted by Crippen LogP contribution is 2.19. The molecule has 0 radical (unpaired) electrons. The number of hydrogen-bond donors (Lipinski definition) is 1. The van der Waals surface area contributed by atoms with Crippen molar-refractivity contribution >= 4 is 28.4 Å². The lowest BCUT2D eigenvalue weighted by molar-refractivity contribution is -0.148. The van der Waals surface area contributed by atoms with E-state index in [2.05, 4.69) is 0 Å². The molecule has 132 valence electrons. The molecule has 1 rings (SSSR count). The summed E-state index contributed by atoms with van der Waals surface area (Å²) in [6, 6.07) is 5.32. The number of sulfonamides is 1. The van der Waals surface area contributed by atoms with Gasteiger partial charge in [-0.2, -0.15) is 0 Å². The normalized spacial score (nSPS) is 12.6. The van der Waals surface area contributed by atoms with Gasteiger partial charge in [-0.1, -0.05) is 37.5 Å². The summed E-state index contributed by atoms with van der Waals surface area (Å²) in [4.78, 5) is 12.1. The molecule has 1 atom stereocenters. The van der Waals surface area contributed by atoms with Gasteiger partial charge < -0.3 is 4.74 Å². The van der Waals surface area contributed by atoms with Crippen LogP contribution in [0, 0.1) is 6.92 Å². The number of carbonyl (C=O) groups is 1. The molecular weight excluding hydrogens is 340 g/mol. The molecule has 0 heterocycles. The monoisotopic (exact) mass is 364 g/mol. The summed E-state index contributed by atoms with van der Waals surface area (Å²) in [7, 11) is -3.94. The Morgan fingerprint density at radius 2 is 1.83 bits per heavy atom. The van der Waals surface area contributed by atoms with Crippen molar-refractivity contribution in [1.82, 2.24) is 4.41 Å². The second-order valence-electron chi connectivity index (χ2n) is 5.06. The lowest BCUT2D eigenvalue weighted by atomic mass is 10.1. The Balaban J connectivity index is 0.00000484. The van der Waals surface area contributed by atoms with Crippen LogP contribution in [-0.4, -0.2) is 31.5 Å². The molecule has 0 aliphatic rings. The topological polar surface area (TPSA) is 89.7 Å². The van der Waals surface area contributed by atoms with Gasteiger partial charge in [0.05, 0.1) is 11.5 Å². The second kappa shape index (κ2) is 9.87. The van der Waals surface area contributed by atoms with Gasteiger partial charge in [-0.15, -0.1) is 16.8 Å². The quantitative estimate of drug-likeness (QED) is 0.434. The minimum absolute atomic E-state index is 0. The molecule has 0 unspecified atom stereocenters. The number of unbranched alkanes of at least 4 members (excludes halogenated alkanes) is 1. The van der Waals surface area contributed by atoms with E-state index in [0.717, 1.165) is 12.0 Å². The van der Waals surface area contributed by atoms with E-state index in [1.54, 1.807) is 19.1 Å². The van der Waals surface area contributed by atoms with E-state index >= 15 is 0 Å². The average Bonchev–Trinajstić information content (AvgIpc) is 2.48. The van der Waals surface area contributed by atoms with Crippen molar-refractivity contribution in [2.75, 3.05) is 6.61 Å². The Hall–Kier alpha value is -1.15. The van der Waals surface area contributed by atoms with Crippen LogP contribution in [0.5, 0.6) is 0 Å². The summed E-state index contributed by atoms with van der Waals surface area (Å²) < 4.78 is 30.7. The Morgan fingerprint density at radius 1 is 1.26 bits per heavy atom. The highest BCUT2D eigenvalue weighted by Gasteiger charge is 2.34. The van der Waals surface area contributed by atoms with Gasteiger partial charge in [-0.05, 0) is 32.4 Å². The van der Waals surface area contributed by atoms with Gasteiger partial charge in [-0.25, -0.2) is 8.42 Å². The number of halogens is 1. The van der Waals surface area contributed by atoms with Crippen LogP contribution in [-0.2, 0) is 19.6 Å². The summed E-state index contributed by atoms with van der Waals surface area (Å²) in [5.41, 5.74) is 0.940.